The van der Waals surface area contributed by atoms with Gasteiger partial charge in [0.2, 0.25) is 11.8 Å². The fourth-order valence-corrected chi connectivity index (χ4v) is 4.59. The Balaban J connectivity index is 1.07. The molecule has 2 aromatic carbocycles. The highest BCUT2D eigenvalue weighted by atomic mass is 16.2. The number of hydrogen-bond donors (Lipinski definition) is 2. The number of aromatic nitrogens is 4. The van der Waals surface area contributed by atoms with Crippen molar-refractivity contribution in [1.29, 1.82) is 0 Å². The van der Waals surface area contributed by atoms with Crippen LogP contribution in [0, 0.1) is 0 Å². The van der Waals surface area contributed by atoms with Gasteiger partial charge in [-0.3, -0.25) is 9.59 Å². The van der Waals surface area contributed by atoms with Crippen LogP contribution in [0.15, 0.2) is 58.7 Å². The molecule has 0 bridgehead atoms. The maximum atomic E-state index is 12.1. The average molecular weight is 529 g/mol. The van der Waals surface area contributed by atoms with E-state index < -0.39 is 0 Å². The van der Waals surface area contributed by atoms with Gasteiger partial charge < -0.3 is 9.13 Å². The van der Waals surface area contributed by atoms with Crippen molar-refractivity contribution in [3.63, 3.8) is 0 Å². The van der Waals surface area contributed by atoms with Crippen LogP contribution in [-0.2, 0) is 22.7 Å². The highest BCUT2D eigenvalue weighted by molar-refractivity contribution is 5.87. The van der Waals surface area contributed by atoms with Crippen molar-refractivity contribution in [2.45, 2.75) is 71.9 Å². The number of para-hydroxylation sites is 4. The Bertz CT molecular complexity index is 1360. The van der Waals surface area contributed by atoms with E-state index in [1.54, 1.807) is 12.4 Å². The normalized spacial score (nSPS) is 11.7. The van der Waals surface area contributed by atoms with Crippen LogP contribution in [0.2, 0.25) is 0 Å². The summed E-state index contributed by atoms with van der Waals surface area (Å²) in [6.45, 7) is 5.65. The third-order valence-corrected chi connectivity index (χ3v) is 6.55. The molecule has 0 aliphatic heterocycles. The van der Waals surface area contributed by atoms with Gasteiger partial charge in [0.25, 0.3) is 0 Å². The SMILES string of the molecule is CCn1c(C=NNC(=O)CCCCCCCC(=O)NN=Cc2nc3ccccc3n2CC)nc2ccccc21. The summed E-state index contributed by atoms with van der Waals surface area (Å²) in [4.78, 5) is 33.3. The van der Waals surface area contributed by atoms with Gasteiger partial charge in [0.15, 0.2) is 11.6 Å². The molecule has 0 aliphatic rings. The van der Waals surface area contributed by atoms with E-state index in [9.17, 15) is 9.59 Å². The van der Waals surface area contributed by atoms with Gasteiger partial charge in [-0.25, -0.2) is 20.8 Å². The van der Waals surface area contributed by atoms with Gasteiger partial charge in [-0.1, -0.05) is 43.5 Å². The molecule has 0 aliphatic carbocycles. The molecule has 2 amide bonds. The molecule has 10 heteroatoms. The molecular weight excluding hydrogens is 492 g/mol. The maximum absolute atomic E-state index is 12.1. The molecule has 0 saturated carbocycles. The Kier molecular flexibility index (Phi) is 9.93. The minimum absolute atomic E-state index is 0.112. The molecule has 39 heavy (non-hydrogen) atoms. The van der Waals surface area contributed by atoms with Crippen molar-refractivity contribution >= 4 is 46.3 Å². The summed E-state index contributed by atoms with van der Waals surface area (Å²) in [6.07, 6.45) is 8.40. The molecule has 4 rings (SSSR count). The van der Waals surface area contributed by atoms with Gasteiger partial charge in [-0.05, 0) is 51.0 Å². The van der Waals surface area contributed by atoms with Crippen molar-refractivity contribution in [3.05, 3.63) is 60.2 Å². The summed E-state index contributed by atoms with van der Waals surface area (Å²) in [6, 6.07) is 15.8. The molecule has 10 nitrogen and oxygen atoms in total. The smallest absolute Gasteiger partial charge is 0.240 e. The molecule has 2 N–H and O–H groups in total. The fourth-order valence-electron chi connectivity index (χ4n) is 4.59. The van der Waals surface area contributed by atoms with Gasteiger partial charge in [-0.15, -0.1) is 0 Å². The molecule has 0 saturated heterocycles. The Morgan fingerprint density at radius 1 is 0.692 bits per heavy atom. The third-order valence-electron chi connectivity index (χ3n) is 6.55. The predicted octanol–water partition coefficient (Wildman–Crippen LogP) is 4.76. The average Bonchev–Trinajstić information content (AvgIpc) is 3.49. The number of hydrogen-bond acceptors (Lipinski definition) is 6. The number of unbranched alkanes of at least 4 members (excludes halogenated alkanes) is 4. The standard InChI is InChI=1S/C29H36N8O2/c1-3-36-24-16-12-10-14-22(24)32-26(36)20-30-34-28(38)18-8-6-5-7-9-19-29(39)35-31-21-27-33-23-15-11-13-17-25(23)37(27)4-2/h10-17,20-21H,3-9,18-19H2,1-2H3,(H,34,38)(H,35,39). The zero-order valence-electron chi connectivity index (χ0n) is 22.6. The lowest BCUT2D eigenvalue weighted by atomic mass is 10.1. The van der Waals surface area contributed by atoms with Crippen LogP contribution in [0.25, 0.3) is 22.1 Å². The Hall–Kier alpha value is -4.34. The lowest BCUT2D eigenvalue weighted by molar-refractivity contribution is -0.121. The first-order valence-corrected chi connectivity index (χ1v) is 13.6. The number of nitrogens with one attached hydrogen (secondary N) is 2. The number of benzene rings is 2. The summed E-state index contributed by atoms with van der Waals surface area (Å²) in [5, 5.41) is 8.18. The molecule has 0 radical (unpaired) electrons. The highest BCUT2D eigenvalue weighted by Gasteiger charge is 2.08. The quantitative estimate of drug-likeness (QED) is 0.139. The van der Waals surface area contributed by atoms with E-state index >= 15 is 0 Å². The summed E-state index contributed by atoms with van der Waals surface area (Å²) >= 11 is 0. The van der Waals surface area contributed by atoms with E-state index in [1.807, 2.05) is 48.5 Å². The third kappa shape index (κ3) is 7.37. The second-order valence-corrected chi connectivity index (χ2v) is 9.26. The van der Waals surface area contributed by atoms with Gasteiger partial charge in [0, 0.05) is 25.9 Å². The number of aryl methyl sites for hydroxylation is 2. The van der Waals surface area contributed by atoms with Crippen LogP contribution in [0.4, 0.5) is 0 Å². The summed E-state index contributed by atoms with van der Waals surface area (Å²) < 4.78 is 4.11. The Morgan fingerprint density at radius 3 is 1.54 bits per heavy atom. The number of nitrogens with zero attached hydrogens (tertiary/aromatic N) is 6. The Morgan fingerprint density at radius 2 is 1.10 bits per heavy atom. The van der Waals surface area contributed by atoms with E-state index in [1.165, 1.54) is 0 Å². The van der Waals surface area contributed by atoms with E-state index in [4.69, 9.17) is 0 Å². The molecule has 2 heterocycles. The Labute approximate surface area is 228 Å². The fraction of sp³-hybridized carbons (Fsp3) is 0.379. The van der Waals surface area contributed by atoms with E-state index in [0.717, 1.165) is 78.9 Å². The molecule has 204 valence electrons. The maximum Gasteiger partial charge on any atom is 0.240 e. The van der Waals surface area contributed by atoms with E-state index in [0.29, 0.717) is 12.8 Å². The zero-order chi connectivity index (χ0) is 27.5. The first-order valence-electron chi connectivity index (χ1n) is 13.6. The zero-order valence-corrected chi connectivity index (χ0v) is 22.6. The number of carbonyl (C=O) groups is 2. The first kappa shape index (κ1) is 27.7. The molecule has 0 fully saturated rings. The summed E-state index contributed by atoms with van der Waals surface area (Å²) in [5.41, 5.74) is 9.10. The summed E-state index contributed by atoms with van der Waals surface area (Å²) in [7, 11) is 0. The second-order valence-electron chi connectivity index (χ2n) is 9.26. The lowest BCUT2D eigenvalue weighted by Gasteiger charge is -2.03. The number of amides is 2. The van der Waals surface area contributed by atoms with Crippen molar-refractivity contribution in [1.82, 2.24) is 30.0 Å². The van der Waals surface area contributed by atoms with Crippen molar-refractivity contribution in [3.8, 4) is 0 Å². The topological polar surface area (TPSA) is 119 Å². The highest BCUT2D eigenvalue weighted by Crippen LogP contribution is 2.16. The predicted molar refractivity (Wildman–Crippen MR) is 155 cm³/mol. The van der Waals surface area contributed by atoms with Crippen LogP contribution in [-0.4, -0.2) is 43.3 Å². The molecule has 0 spiro atoms. The van der Waals surface area contributed by atoms with Crippen molar-refractivity contribution in [2.24, 2.45) is 10.2 Å². The van der Waals surface area contributed by atoms with Crippen LogP contribution < -0.4 is 10.9 Å². The van der Waals surface area contributed by atoms with Gasteiger partial charge in [0.1, 0.15) is 0 Å². The van der Waals surface area contributed by atoms with Crippen molar-refractivity contribution in [2.75, 3.05) is 0 Å². The van der Waals surface area contributed by atoms with Gasteiger partial charge in [-0.2, -0.15) is 10.2 Å². The molecule has 0 unspecified atom stereocenters. The summed E-state index contributed by atoms with van der Waals surface area (Å²) in [5.74, 6) is 1.21. The van der Waals surface area contributed by atoms with E-state index in [2.05, 4.69) is 54.0 Å². The molecule has 0 atom stereocenters. The second kappa shape index (κ2) is 14.0. The molecule has 4 aromatic rings. The van der Waals surface area contributed by atoms with E-state index in [-0.39, 0.29) is 11.8 Å². The number of hydrazone groups is 2. The number of rotatable bonds is 14. The minimum atomic E-state index is -0.112. The first-order chi connectivity index (χ1) is 19.1. The number of carbonyl (C=O) groups excluding carboxylic acids is 2. The van der Waals surface area contributed by atoms with Crippen LogP contribution >= 0.6 is 0 Å². The largest absolute Gasteiger partial charge is 0.323 e. The number of fused-ring (bicyclic) bond motifs is 2. The van der Waals surface area contributed by atoms with Crippen molar-refractivity contribution < 1.29 is 9.59 Å². The van der Waals surface area contributed by atoms with Gasteiger partial charge >= 0.3 is 0 Å². The molecule has 2 aromatic heterocycles. The minimum Gasteiger partial charge on any atom is -0.323 e. The lowest BCUT2D eigenvalue weighted by Crippen LogP contribution is -2.17. The van der Waals surface area contributed by atoms with Crippen LogP contribution in [0.3, 0.4) is 0 Å². The molecular formula is C29H36N8O2. The van der Waals surface area contributed by atoms with Crippen LogP contribution in [0.5, 0.6) is 0 Å². The number of imidazole rings is 2. The monoisotopic (exact) mass is 528 g/mol. The van der Waals surface area contributed by atoms with Gasteiger partial charge in [0.05, 0.1) is 34.5 Å². The van der Waals surface area contributed by atoms with Crippen LogP contribution in [0.1, 0.15) is 70.4 Å².